The van der Waals surface area contributed by atoms with Crippen LogP contribution in [0.15, 0.2) is 30.3 Å². The zero-order valence-corrected chi connectivity index (χ0v) is 17.2. The summed E-state index contributed by atoms with van der Waals surface area (Å²) < 4.78 is 0. The first-order valence-corrected chi connectivity index (χ1v) is 12.0. The van der Waals surface area contributed by atoms with Crippen molar-refractivity contribution in [2.24, 2.45) is 29.1 Å². The Labute approximate surface area is 170 Å². The second-order valence-electron chi connectivity index (χ2n) is 11.1. The van der Waals surface area contributed by atoms with Crippen LogP contribution in [-0.4, -0.2) is 22.8 Å². The number of Topliss-reactive ketones (excluding diaryl/α,β-unsaturated/α-hetero) is 1. The molecule has 2 unspecified atom stereocenters. The van der Waals surface area contributed by atoms with Gasteiger partial charge in [-0.2, -0.15) is 0 Å². The van der Waals surface area contributed by atoms with E-state index in [0.717, 1.165) is 42.9 Å². The Hall–Kier alpha value is -1.15. The molecule has 0 amide bonds. The van der Waals surface area contributed by atoms with Gasteiger partial charge in [0.1, 0.15) is 5.78 Å². The molecule has 1 aromatic carbocycles. The Morgan fingerprint density at radius 2 is 1.43 bits per heavy atom. The lowest BCUT2D eigenvalue weighted by atomic mass is 9.47. The average Bonchev–Trinajstić information content (AvgIpc) is 2.67. The molecule has 0 spiro atoms. The lowest BCUT2D eigenvalue weighted by molar-refractivity contribution is -0.152. The highest BCUT2D eigenvalue weighted by atomic mass is 16.1. The van der Waals surface area contributed by atoms with Gasteiger partial charge in [-0.05, 0) is 87.5 Å². The molecule has 2 heterocycles. The van der Waals surface area contributed by atoms with Crippen molar-refractivity contribution in [3.8, 4) is 0 Å². The minimum Gasteiger partial charge on any atom is -0.299 e. The Morgan fingerprint density at radius 3 is 2.00 bits per heavy atom. The highest BCUT2D eigenvalue weighted by Gasteiger charge is 2.56. The second-order valence-corrected chi connectivity index (χ2v) is 11.1. The third-order valence-corrected chi connectivity index (χ3v) is 9.27. The van der Waals surface area contributed by atoms with E-state index in [1.54, 1.807) is 0 Å². The van der Waals surface area contributed by atoms with E-state index in [-0.39, 0.29) is 5.41 Å². The molecule has 6 bridgehead atoms. The molecule has 0 aromatic heterocycles. The van der Waals surface area contributed by atoms with Gasteiger partial charge < -0.3 is 0 Å². The molecule has 150 valence electrons. The van der Waals surface area contributed by atoms with E-state index in [0.29, 0.717) is 18.0 Å². The van der Waals surface area contributed by atoms with E-state index in [4.69, 9.17) is 0 Å². The fourth-order valence-corrected chi connectivity index (χ4v) is 8.59. The fraction of sp³-hybridized carbons (Fsp3) is 0.731. The van der Waals surface area contributed by atoms with E-state index in [2.05, 4.69) is 35.2 Å². The van der Waals surface area contributed by atoms with Gasteiger partial charge in [0.05, 0.1) is 0 Å². The summed E-state index contributed by atoms with van der Waals surface area (Å²) in [5.41, 5.74) is 1.54. The smallest absolute Gasteiger partial charge is 0.142 e. The molecule has 2 aliphatic heterocycles. The number of carbonyl (C=O) groups excluding carboxylic acids is 1. The maximum atomic E-state index is 13.9. The van der Waals surface area contributed by atoms with Crippen LogP contribution < -0.4 is 0 Å². The fourth-order valence-electron chi connectivity index (χ4n) is 8.59. The summed E-state index contributed by atoms with van der Waals surface area (Å²) in [6.45, 7) is 1.08. The van der Waals surface area contributed by atoms with Crippen LogP contribution in [0.3, 0.4) is 0 Å². The van der Waals surface area contributed by atoms with E-state index in [1.165, 1.54) is 63.4 Å². The van der Waals surface area contributed by atoms with Gasteiger partial charge in [0.25, 0.3) is 0 Å². The summed E-state index contributed by atoms with van der Waals surface area (Å²) in [7, 11) is 0. The van der Waals surface area contributed by atoms with Crippen LogP contribution in [0, 0.1) is 29.1 Å². The number of fused-ring (bicyclic) bond motifs is 2. The predicted octanol–water partition coefficient (Wildman–Crippen LogP) is 5.61. The summed E-state index contributed by atoms with van der Waals surface area (Å²) in [6.07, 6.45) is 14.3. The molecule has 7 rings (SSSR count). The van der Waals surface area contributed by atoms with Gasteiger partial charge in [-0.25, -0.2) is 0 Å². The van der Waals surface area contributed by atoms with Crippen molar-refractivity contribution in [2.75, 3.05) is 0 Å². The first-order valence-electron chi connectivity index (χ1n) is 12.0. The third kappa shape index (κ3) is 2.90. The second kappa shape index (κ2) is 6.69. The molecule has 2 saturated heterocycles. The van der Waals surface area contributed by atoms with Crippen molar-refractivity contribution in [1.29, 1.82) is 0 Å². The zero-order valence-electron chi connectivity index (χ0n) is 17.2. The van der Waals surface area contributed by atoms with Gasteiger partial charge in [-0.1, -0.05) is 36.8 Å². The van der Waals surface area contributed by atoms with Crippen LogP contribution in [0.4, 0.5) is 0 Å². The lowest BCUT2D eigenvalue weighted by Crippen LogP contribution is -2.56. The van der Waals surface area contributed by atoms with Crippen LogP contribution in [0.25, 0.3) is 0 Å². The van der Waals surface area contributed by atoms with Crippen molar-refractivity contribution < 1.29 is 4.79 Å². The number of rotatable bonds is 4. The van der Waals surface area contributed by atoms with E-state index in [1.807, 2.05) is 0 Å². The number of piperidine rings is 2. The molecule has 2 atom stereocenters. The van der Waals surface area contributed by atoms with E-state index in [9.17, 15) is 4.79 Å². The van der Waals surface area contributed by atoms with Crippen molar-refractivity contribution in [3.63, 3.8) is 0 Å². The molecule has 28 heavy (non-hydrogen) atoms. The summed E-state index contributed by atoms with van der Waals surface area (Å²) >= 11 is 0. The predicted molar refractivity (Wildman–Crippen MR) is 112 cm³/mol. The van der Waals surface area contributed by atoms with Crippen LogP contribution >= 0.6 is 0 Å². The van der Waals surface area contributed by atoms with Gasteiger partial charge >= 0.3 is 0 Å². The van der Waals surface area contributed by atoms with Gasteiger partial charge in [0, 0.05) is 30.0 Å². The molecule has 0 N–H and O–H groups in total. The quantitative estimate of drug-likeness (QED) is 0.680. The minimum atomic E-state index is 0.106. The molecule has 4 saturated carbocycles. The molecular formula is C26H35NO. The maximum Gasteiger partial charge on any atom is 0.142 e. The third-order valence-electron chi connectivity index (χ3n) is 9.27. The summed E-state index contributed by atoms with van der Waals surface area (Å²) in [4.78, 5) is 16.7. The standard InChI is InChI=1S/C26H35NO/c28-25(26-14-19-9-20(15-26)11-21(10-19)16-26)22-12-23-7-4-8-24(13-22)27(23)17-18-5-2-1-3-6-18/h1-3,5-6,19-24H,4,7-17H2. The molecule has 6 fully saturated rings. The summed E-state index contributed by atoms with van der Waals surface area (Å²) in [5, 5.41) is 0. The number of benzene rings is 1. The van der Waals surface area contributed by atoms with E-state index < -0.39 is 0 Å². The normalized spacial score (nSPS) is 44.6. The van der Waals surface area contributed by atoms with Crippen molar-refractivity contribution in [1.82, 2.24) is 4.90 Å². The Balaban J connectivity index is 1.20. The molecule has 0 radical (unpaired) electrons. The number of hydrogen-bond donors (Lipinski definition) is 0. The number of ketones is 1. The topological polar surface area (TPSA) is 20.3 Å². The molecular weight excluding hydrogens is 342 g/mol. The van der Waals surface area contributed by atoms with Gasteiger partial charge in [0.2, 0.25) is 0 Å². The van der Waals surface area contributed by atoms with Crippen molar-refractivity contribution >= 4 is 5.78 Å². The highest BCUT2D eigenvalue weighted by Crippen LogP contribution is 2.61. The van der Waals surface area contributed by atoms with Gasteiger partial charge in [-0.15, -0.1) is 0 Å². The van der Waals surface area contributed by atoms with Crippen molar-refractivity contribution in [3.05, 3.63) is 35.9 Å². The van der Waals surface area contributed by atoms with Crippen LogP contribution in [-0.2, 0) is 11.3 Å². The first kappa shape index (κ1) is 17.7. The van der Waals surface area contributed by atoms with Gasteiger partial charge in [0.15, 0.2) is 0 Å². The zero-order chi connectivity index (χ0) is 18.7. The van der Waals surface area contributed by atoms with Crippen LogP contribution in [0.1, 0.15) is 76.2 Å². The molecule has 1 aromatic rings. The first-order chi connectivity index (χ1) is 13.7. The van der Waals surface area contributed by atoms with E-state index >= 15 is 0 Å². The molecule has 2 heteroatoms. The SMILES string of the molecule is O=C(C1CC2CCCC(C1)N2Cc1ccccc1)C12CC3CC(CC(C3)C1)C2. The Bertz CT molecular complexity index is 691. The highest BCUT2D eigenvalue weighted by molar-refractivity contribution is 5.87. The number of hydrogen-bond acceptors (Lipinski definition) is 2. The largest absolute Gasteiger partial charge is 0.299 e. The lowest BCUT2D eigenvalue weighted by Gasteiger charge is -2.58. The minimum absolute atomic E-state index is 0.106. The summed E-state index contributed by atoms with van der Waals surface area (Å²) in [5.74, 6) is 3.73. The van der Waals surface area contributed by atoms with Crippen LogP contribution in [0.2, 0.25) is 0 Å². The molecule has 6 aliphatic rings. The average molecular weight is 378 g/mol. The van der Waals surface area contributed by atoms with Gasteiger partial charge in [-0.3, -0.25) is 9.69 Å². The molecule has 2 nitrogen and oxygen atoms in total. The maximum absolute atomic E-state index is 13.9. The van der Waals surface area contributed by atoms with Crippen molar-refractivity contribution in [2.45, 2.75) is 89.3 Å². The Morgan fingerprint density at radius 1 is 0.857 bits per heavy atom. The monoisotopic (exact) mass is 377 g/mol. The molecule has 4 aliphatic carbocycles. The number of carbonyl (C=O) groups is 1. The summed E-state index contributed by atoms with van der Waals surface area (Å²) in [6, 6.07) is 12.2. The number of nitrogens with zero attached hydrogens (tertiary/aromatic N) is 1. The van der Waals surface area contributed by atoms with Crippen LogP contribution in [0.5, 0.6) is 0 Å². The Kier molecular flexibility index (Phi) is 4.23.